The second-order valence-electron chi connectivity index (χ2n) is 7.15. The first-order chi connectivity index (χ1) is 12.0. The van der Waals surface area contributed by atoms with Crippen molar-refractivity contribution < 1.29 is 13.5 Å². The molecule has 4 nitrogen and oxygen atoms in total. The van der Waals surface area contributed by atoms with Gasteiger partial charge in [0.05, 0.1) is 4.90 Å². The third-order valence-electron chi connectivity index (χ3n) is 5.51. The van der Waals surface area contributed by atoms with Crippen LogP contribution in [0.1, 0.15) is 41.5 Å². The van der Waals surface area contributed by atoms with Crippen LogP contribution in [0.5, 0.6) is 0 Å². The first-order valence-electron chi connectivity index (χ1n) is 8.90. The van der Waals surface area contributed by atoms with E-state index in [0.717, 1.165) is 42.4 Å². The van der Waals surface area contributed by atoms with Gasteiger partial charge in [-0.15, -0.1) is 0 Å². The van der Waals surface area contributed by atoms with Crippen molar-refractivity contribution in [3.05, 3.63) is 64.7 Å². The van der Waals surface area contributed by atoms with Crippen LogP contribution >= 0.6 is 0 Å². The molecule has 2 aliphatic carbocycles. The third kappa shape index (κ3) is 3.12. The monoisotopic (exact) mass is 357 g/mol. The van der Waals surface area contributed by atoms with Gasteiger partial charge in [0, 0.05) is 6.54 Å². The van der Waals surface area contributed by atoms with Gasteiger partial charge in [0.1, 0.15) is 5.60 Å². The Bertz CT molecular complexity index is 907. The van der Waals surface area contributed by atoms with Crippen molar-refractivity contribution in [1.29, 1.82) is 0 Å². The SMILES string of the molecule is O=S(=O)(NCC1(O)CCc2ccccc21)c1ccc2c(c1)CCCC2. The fourth-order valence-corrected chi connectivity index (χ4v) is 5.17. The average molecular weight is 357 g/mol. The molecule has 2 N–H and O–H groups in total. The van der Waals surface area contributed by atoms with E-state index in [2.05, 4.69) is 4.72 Å². The Morgan fingerprint density at radius 3 is 2.56 bits per heavy atom. The standard InChI is InChI=1S/C20H23NO3S/c22-20(12-11-16-6-3-4-8-19(16)20)14-21-25(23,24)18-10-9-15-5-1-2-7-17(15)13-18/h3-4,6,8-10,13,21-22H,1-2,5,7,11-12,14H2. The molecule has 0 radical (unpaired) electrons. The summed E-state index contributed by atoms with van der Waals surface area (Å²) >= 11 is 0. The Kier molecular flexibility index (Phi) is 4.18. The highest BCUT2D eigenvalue weighted by atomic mass is 32.2. The number of hydrogen-bond donors (Lipinski definition) is 2. The molecule has 1 unspecified atom stereocenters. The maximum absolute atomic E-state index is 12.7. The van der Waals surface area contributed by atoms with Crippen LogP contribution in [0.25, 0.3) is 0 Å². The van der Waals surface area contributed by atoms with Crippen molar-refractivity contribution in [3.63, 3.8) is 0 Å². The molecule has 0 saturated carbocycles. The fraction of sp³-hybridized carbons (Fsp3) is 0.400. The summed E-state index contributed by atoms with van der Waals surface area (Å²) in [6.07, 6.45) is 5.56. The van der Waals surface area contributed by atoms with Crippen LogP contribution in [0, 0.1) is 0 Å². The summed E-state index contributed by atoms with van der Waals surface area (Å²) in [5.74, 6) is 0. The first kappa shape index (κ1) is 16.8. The normalized spacial score (nSPS) is 22.4. The van der Waals surface area contributed by atoms with Gasteiger partial charge < -0.3 is 5.11 Å². The van der Waals surface area contributed by atoms with E-state index < -0.39 is 15.6 Å². The molecule has 0 bridgehead atoms. The number of aryl methyl sites for hydroxylation is 3. The average Bonchev–Trinajstić information content (AvgIpc) is 2.98. The molecule has 2 aromatic rings. The molecular weight excluding hydrogens is 334 g/mol. The van der Waals surface area contributed by atoms with Crippen LogP contribution in [0.2, 0.25) is 0 Å². The fourth-order valence-electron chi connectivity index (χ4n) is 4.03. The zero-order valence-corrected chi connectivity index (χ0v) is 15.0. The summed E-state index contributed by atoms with van der Waals surface area (Å²) in [6.45, 7) is 0.00340. The number of fused-ring (bicyclic) bond motifs is 2. The van der Waals surface area contributed by atoms with Crippen LogP contribution < -0.4 is 4.72 Å². The predicted octanol–water partition coefficient (Wildman–Crippen LogP) is 2.68. The number of sulfonamides is 1. The van der Waals surface area contributed by atoms with Gasteiger partial charge in [-0.3, -0.25) is 0 Å². The third-order valence-corrected chi connectivity index (χ3v) is 6.91. The number of rotatable bonds is 4. The van der Waals surface area contributed by atoms with Crippen molar-refractivity contribution in [2.24, 2.45) is 0 Å². The van der Waals surface area contributed by atoms with E-state index in [1.54, 1.807) is 12.1 Å². The lowest BCUT2D eigenvalue weighted by atomic mass is 9.92. The maximum atomic E-state index is 12.7. The number of aliphatic hydroxyl groups is 1. The lowest BCUT2D eigenvalue weighted by Gasteiger charge is -2.24. The summed E-state index contributed by atoms with van der Waals surface area (Å²) < 4.78 is 28.0. The molecular formula is C20H23NO3S. The maximum Gasteiger partial charge on any atom is 0.240 e. The molecule has 25 heavy (non-hydrogen) atoms. The van der Waals surface area contributed by atoms with E-state index >= 15 is 0 Å². The molecule has 0 fully saturated rings. The molecule has 2 aliphatic rings. The second kappa shape index (κ2) is 6.24. The van der Waals surface area contributed by atoms with Crippen molar-refractivity contribution in [1.82, 2.24) is 4.72 Å². The molecule has 132 valence electrons. The van der Waals surface area contributed by atoms with E-state index in [0.29, 0.717) is 11.3 Å². The van der Waals surface area contributed by atoms with Gasteiger partial charge in [0.15, 0.2) is 0 Å². The quantitative estimate of drug-likeness (QED) is 0.884. The Balaban J connectivity index is 1.55. The highest BCUT2D eigenvalue weighted by Crippen LogP contribution is 2.36. The van der Waals surface area contributed by atoms with Gasteiger partial charge in [0.25, 0.3) is 0 Å². The molecule has 5 heteroatoms. The first-order valence-corrected chi connectivity index (χ1v) is 10.4. The molecule has 0 saturated heterocycles. The largest absolute Gasteiger partial charge is 0.384 e. The van der Waals surface area contributed by atoms with Crippen LogP contribution in [-0.2, 0) is 34.9 Å². The Hall–Kier alpha value is -1.69. The molecule has 2 aromatic carbocycles. The van der Waals surface area contributed by atoms with Crippen molar-refractivity contribution in [2.75, 3.05) is 6.54 Å². The van der Waals surface area contributed by atoms with Crippen molar-refractivity contribution in [3.8, 4) is 0 Å². The highest BCUT2D eigenvalue weighted by molar-refractivity contribution is 7.89. The van der Waals surface area contributed by atoms with Crippen molar-refractivity contribution >= 4 is 10.0 Å². The smallest absolute Gasteiger partial charge is 0.240 e. The Labute approximate surface area is 149 Å². The van der Waals surface area contributed by atoms with Crippen LogP contribution in [0.4, 0.5) is 0 Å². The minimum Gasteiger partial charge on any atom is -0.384 e. The lowest BCUT2D eigenvalue weighted by Crippen LogP contribution is -2.39. The number of nitrogens with one attached hydrogen (secondary N) is 1. The van der Waals surface area contributed by atoms with E-state index in [4.69, 9.17) is 0 Å². The van der Waals surface area contributed by atoms with Gasteiger partial charge in [-0.25, -0.2) is 13.1 Å². The minimum atomic E-state index is -3.63. The van der Waals surface area contributed by atoms with Gasteiger partial charge in [0.2, 0.25) is 10.0 Å². The molecule has 0 heterocycles. The molecule has 1 atom stereocenters. The van der Waals surface area contributed by atoms with Gasteiger partial charge in [-0.05, 0) is 72.9 Å². The molecule has 0 amide bonds. The van der Waals surface area contributed by atoms with Gasteiger partial charge in [-0.2, -0.15) is 0 Å². The van der Waals surface area contributed by atoms with E-state index in [1.165, 1.54) is 12.0 Å². The molecule has 0 aromatic heterocycles. The Morgan fingerprint density at radius 2 is 1.72 bits per heavy atom. The van der Waals surface area contributed by atoms with Crippen molar-refractivity contribution in [2.45, 2.75) is 49.0 Å². The van der Waals surface area contributed by atoms with E-state index in [-0.39, 0.29) is 6.54 Å². The topological polar surface area (TPSA) is 66.4 Å². The minimum absolute atomic E-state index is 0.00340. The summed E-state index contributed by atoms with van der Waals surface area (Å²) in [5.41, 5.74) is 3.20. The zero-order chi connectivity index (χ0) is 17.5. The van der Waals surface area contributed by atoms with E-state index in [9.17, 15) is 13.5 Å². The number of benzene rings is 2. The van der Waals surface area contributed by atoms with Gasteiger partial charge in [-0.1, -0.05) is 30.3 Å². The highest BCUT2D eigenvalue weighted by Gasteiger charge is 2.37. The summed E-state index contributed by atoms with van der Waals surface area (Å²) in [5, 5.41) is 10.9. The number of hydrogen-bond acceptors (Lipinski definition) is 3. The molecule has 0 aliphatic heterocycles. The lowest BCUT2D eigenvalue weighted by molar-refractivity contribution is 0.0442. The van der Waals surface area contributed by atoms with Crippen LogP contribution in [0.15, 0.2) is 47.4 Å². The predicted molar refractivity (Wildman–Crippen MR) is 96.9 cm³/mol. The summed E-state index contributed by atoms with van der Waals surface area (Å²) in [4.78, 5) is 0.294. The summed E-state index contributed by atoms with van der Waals surface area (Å²) in [6, 6.07) is 13.1. The summed E-state index contributed by atoms with van der Waals surface area (Å²) in [7, 11) is -3.63. The van der Waals surface area contributed by atoms with E-state index in [1.807, 2.05) is 30.3 Å². The second-order valence-corrected chi connectivity index (χ2v) is 8.92. The molecule has 0 spiro atoms. The Morgan fingerprint density at radius 1 is 0.960 bits per heavy atom. The van der Waals surface area contributed by atoms with Crippen LogP contribution in [0.3, 0.4) is 0 Å². The zero-order valence-electron chi connectivity index (χ0n) is 14.2. The molecule has 4 rings (SSSR count). The van der Waals surface area contributed by atoms with Gasteiger partial charge >= 0.3 is 0 Å². The van der Waals surface area contributed by atoms with Crippen LogP contribution in [-0.4, -0.2) is 20.1 Å².